The summed E-state index contributed by atoms with van der Waals surface area (Å²) < 4.78 is 0. The molecule has 4 aromatic rings. The molecule has 1 N–H and O–H groups in total. The van der Waals surface area contributed by atoms with Crippen LogP contribution in [0, 0.1) is 6.92 Å². The highest BCUT2D eigenvalue weighted by Crippen LogP contribution is 2.39. The molecule has 0 fully saturated rings. The van der Waals surface area contributed by atoms with E-state index in [4.69, 9.17) is 4.99 Å². The van der Waals surface area contributed by atoms with Crippen LogP contribution in [0.25, 0.3) is 0 Å². The van der Waals surface area contributed by atoms with Gasteiger partial charge in [0.15, 0.2) is 0 Å². The van der Waals surface area contributed by atoms with Gasteiger partial charge in [-0.2, -0.15) is 0 Å². The van der Waals surface area contributed by atoms with E-state index in [1.807, 2.05) is 24.4 Å². The summed E-state index contributed by atoms with van der Waals surface area (Å²) in [6, 6.07) is 31.3. The molecule has 0 bridgehead atoms. The minimum absolute atomic E-state index is 0.0707. The number of nitrogens with zero attached hydrogens (tertiary/aromatic N) is 1. The van der Waals surface area contributed by atoms with Crippen molar-refractivity contribution >= 4 is 11.9 Å². The molecule has 0 spiro atoms. The largest absolute Gasteiger partial charge is 0.507 e. The highest BCUT2D eigenvalue weighted by atomic mass is 16.3. The molecule has 0 heterocycles. The molecule has 2 nitrogen and oxygen atoms in total. The molecule has 178 valence electrons. The van der Waals surface area contributed by atoms with Crippen LogP contribution in [-0.4, -0.2) is 11.3 Å². The monoisotopic (exact) mass is 461 g/mol. The van der Waals surface area contributed by atoms with Gasteiger partial charge in [0.2, 0.25) is 0 Å². The maximum atomic E-state index is 11.6. The van der Waals surface area contributed by atoms with Crippen molar-refractivity contribution in [3.05, 3.63) is 130 Å². The summed E-state index contributed by atoms with van der Waals surface area (Å²) in [6.45, 7) is 10.9. The molecule has 0 aliphatic carbocycles. The molecule has 0 radical (unpaired) electrons. The van der Waals surface area contributed by atoms with Crippen LogP contribution < -0.4 is 0 Å². The summed E-state index contributed by atoms with van der Waals surface area (Å²) in [5.41, 5.74) is 8.50. The van der Waals surface area contributed by atoms with E-state index in [-0.39, 0.29) is 11.7 Å². The van der Waals surface area contributed by atoms with Crippen LogP contribution >= 0.6 is 0 Å². The molecule has 35 heavy (non-hydrogen) atoms. The first-order chi connectivity index (χ1) is 16.9. The zero-order chi connectivity index (χ0) is 24.9. The van der Waals surface area contributed by atoms with Gasteiger partial charge >= 0.3 is 0 Å². The van der Waals surface area contributed by atoms with Crippen LogP contribution in [-0.2, 0) is 0 Å². The van der Waals surface area contributed by atoms with Crippen LogP contribution in [0.4, 0.5) is 5.69 Å². The number of aliphatic imine (C=N–C) groups is 1. The van der Waals surface area contributed by atoms with E-state index >= 15 is 0 Å². The van der Waals surface area contributed by atoms with Crippen LogP contribution in [0.2, 0.25) is 0 Å². The lowest BCUT2D eigenvalue weighted by Gasteiger charge is -2.21. The number of hydrogen-bond donors (Lipinski definition) is 1. The molecule has 4 aromatic carbocycles. The fourth-order valence-corrected chi connectivity index (χ4v) is 4.79. The molecule has 0 aromatic heterocycles. The smallest absolute Gasteiger partial charge is 0.128 e. The van der Waals surface area contributed by atoms with Gasteiger partial charge in [0.05, 0.1) is 5.69 Å². The fraction of sp³-hybridized carbons (Fsp3) is 0.242. The molecule has 4 rings (SSSR count). The standard InChI is InChI=1S/C33H35NO/c1-22(2)28-17-12-18-29(23(3)4)32(28)34-21-27-19-24(5)20-30(33(27)35)31(25-13-8-6-9-14-25)26-15-10-7-11-16-26/h6-23,31,35H,1-5H3. The van der Waals surface area contributed by atoms with Crippen molar-refractivity contribution in [1.29, 1.82) is 0 Å². The van der Waals surface area contributed by atoms with Crippen LogP contribution in [0.15, 0.2) is 96.0 Å². The second-order valence-electron chi connectivity index (χ2n) is 9.90. The zero-order valence-electron chi connectivity index (χ0n) is 21.4. The third kappa shape index (κ3) is 5.38. The van der Waals surface area contributed by atoms with Crippen molar-refractivity contribution in [2.45, 2.75) is 52.4 Å². The quantitative estimate of drug-likeness (QED) is 0.216. The third-order valence-electron chi connectivity index (χ3n) is 6.57. The van der Waals surface area contributed by atoms with Gasteiger partial charge in [-0.25, -0.2) is 0 Å². The predicted octanol–water partition coefficient (Wildman–Crippen LogP) is 8.88. The summed E-state index contributed by atoms with van der Waals surface area (Å²) in [5, 5.41) is 11.6. The average Bonchev–Trinajstić information content (AvgIpc) is 2.86. The van der Waals surface area contributed by atoms with E-state index in [0.717, 1.165) is 33.5 Å². The second-order valence-corrected chi connectivity index (χ2v) is 9.90. The normalized spacial score (nSPS) is 11.8. The Balaban J connectivity index is 1.86. The Labute approximate surface area is 210 Å². The third-order valence-corrected chi connectivity index (χ3v) is 6.57. The van der Waals surface area contributed by atoms with E-state index in [1.54, 1.807) is 0 Å². The van der Waals surface area contributed by atoms with Gasteiger partial charge < -0.3 is 5.11 Å². The molecule has 0 aliphatic heterocycles. The minimum Gasteiger partial charge on any atom is -0.507 e. The van der Waals surface area contributed by atoms with Crippen molar-refractivity contribution in [2.75, 3.05) is 0 Å². The first-order valence-corrected chi connectivity index (χ1v) is 12.5. The van der Waals surface area contributed by atoms with Gasteiger partial charge in [0, 0.05) is 23.3 Å². The van der Waals surface area contributed by atoms with Gasteiger partial charge in [0.1, 0.15) is 5.75 Å². The number of para-hydroxylation sites is 1. The van der Waals surface area contributed by atoms with Crippen molar-refractivity contribution in [2.24, 2.45) is 4.99 Å². The summed E-state index contributed by atoms with van der Waals surface area (Å²) in [6.07, 6.45) is 1.84. The lowest BCUT2D eigenvalue weighted by atomic mass is 9.83. The first kappa shape index (κ1) is 24.5. The summed E-state index contributed by atoms with van der Waals surface area (Å²) in [5.74, 6) is 0.940. The number of aryl methyl sites for hydroxylation is 1. The number of phenols is 1. The highest BCUT2D eigenvalue weighted by Gasteiger charge is 2.22. The molecule has 0 unspecified atom stereocenters. The SMILES string of the molecule is Cc1cc(C=Nc2c(C(C)C)cccc2C(C)C)c(O)c(C(c2ccccc2)c2ccccc2)c1. The lowest BCUT2D eigenvalue weighted by molar-refractivity contribution is 0.466. The van der Waals surface area contributed by atoms with E-state index in [9.17, 15) is 5.11 Å². The minimum atomic E-state index is -0.0707. The molecule has 0 saturated heterocycles. The van der Waals surface area contributed by atoms with Crippen molar-refractivity contribution in [1.82, 2.24) is 0 Å². The van der Waals surface area contributed by atoms with Gasteiger partial charge in [-0.3, -0.25) is 4.99 Å². The molecular weight excluding hydrogens is 426 g/mol. The van der Waals surface area contributed by atoms with Gasteiger partial charge in [-0.1, -0.05) is 113 Å². The number of phenolic OH excluding ortho intramolecular Hbond substituents is 1. The molecule has 0 aliphatic rings. The molecule has 0 saturated carbocycles. The summed E-state index contributed by atoms with van der Waals surface area (Å²) in [4.78, 5) is 4.98. The maximum absolute atomic E-state index is 11.6. The fourth-order valence-electron chi connectivity index (χ4n) is 4.79. The number of hydrogen-bond acceptors (Lipinski definition) is 2. The number of rotatable bonds is 7. The van der Waals surface area contributed by atoms with E-state index in [0.29, 0.717) is 11.8 Å². The highest BCUT2D eigenvalue weighted by molar-refractivity contribution is 5.87. The van der Waals surface area contributed by atoms with Gasteiger partial charge in [-0.05, 0) is 52.6 Å². The Kier molecular flexibility index (Phi) is 7.51. The van der Waals surface area contributed by atoms with Crippen LogP contribution in [0.1, 0.15) is 84.4 Å². The number of benzene rings is 4. The van der Waals surface area contributed by atoms with Gasteiger partial charge in [0.25, 0.3) is 0 Å². The Morgan fingerprint density at radius 3 is 1.66 bits per heavy atom. The maximum Gasteiger partial charge on any atom is 0.128 e. The van der Waals surface area contributed by atoms with Crippen molar-refractivity contribution in [3.8, 4) is 5.75 Å². The first-order valence-electron chi connectivity index (χ1n) is 12.5. The van der Waals surface area contributed by atoms with Gasteiger partial charge in [-0.15, -0.1) is 0 Å². The Morgan fingerprint density at radius 1 is 0.657 bits per heavy atom. The Hall–Kier alpha value is -3.65. The van der Waals surface area contributed by atoms with E-state index < -0.39 is 0 Å². The lowest BCUT2D eigenvalue weighted by Crippen LogP contribution is -2.05. The Morgan fingerprint density at radius 2 is 1.17 bits per heavy atom. The van der Waals surface area contributed by atoms with E-state index in [2.05, 4.69) is 107 Å². The van der Waals surface area contributed by atoms with Crippen LogP contribution in [0.3, 0.4) is 0 Å². The topological polar surface area (TPSA) is 32.6 Å². The second kappa shape index (κ2) is 10.7. The zero-order valence-corrected chi connectivity index (χ0v) is 21.4. The predicted molar refractivity (Wildman–Crippen MR) is 149 cm³/mol. The van der Waals surface area contributed by atoms with E-state index in [1.165, 1.54) is 11.1 Å². The molecule has 2 heteroatoms. The molecular formula is C33H35NO. The van der Waals surface area contributed by atoms with Crippen molar-refractivity contribution < 1.29 is 5.11 Å². The summed E-state index contributed by atoms with van der Waals surface area (Å²) >= 11 is 0. The van der Waals surface area contributed by atoms with Crippen molar-refractivity contribution in [3.63, 3.8) is 0 Å². The summed E-state index contributed by atoms with van der Waals surface area (Å²) in [7, 11) is 0. The molecule has 0 atom stereocenters. The van der Waals surface area contributed by atoms with Crippen LogP contribution in [0.5, 0.6) is 5.75 Å². The molecule has 0 amide bonds. The number of aromatic hydroxyl groups is 1. The Bertz CT molecular complexity index is 1240. The average molecular weight is 462 g/mol.